The number of hydrogen-bond donors (Lipinski definition) is 1. The topological polar surface area (TPSA) is 102 Å². The quantitative estimate of drug-likeness (QED) is 0.327. The van der Waals surface area contributed by atoms with Crippen LogP contribution in [0.3, 0.4) is 0 Å². The van der Waals surface area contributed by atoms with Gasteiger partial charge in [-0.2, -0.15) is 0 Å². The van der Waals surface area contributed by atoms with E-state index in [1.54, 1.807) is 31.2 Å². The van der Waals surface area contributed by atoms with Crippen LogP contribution in [0.15, 0.2) is 59.7 Å². The molecule has 3 rings (SSSR count). The zero-order chi connectivity index (χ0) is 17.3. The van der Waals surface area contributed by atoms with Gasteiger partial charge in [-0.05, 0) is 30.7 Å². The number of azo groups is 1. The molecule has 0 aliphatic rings. The van der Waals surface area contributed by atoms with E-state index >= 15 is 0 Å². The van der Waals surface area contributed by atoms with E-state index in [1.165, 1.54) is 30.3 Å². The molecular weight excluding hydrogens is 310 g/mol. The molecule has 0 saturated heterocycles. The van der Waals surface area contributed by atoms with E-state index in [0.29, 0.717) is 26.9 Å². The fourth-order valence-corrected chi connectivity index (χ4v) is 2.43. The van der Waals surface area contributed by atoms with E-state index < -0.39 is 4.92 Å². The SMILES string of the molecule is Cc1cc([N+]([O-])=Nc2ccc([N+](=O)[O-])c3ccccc23)ccc1O. The maximum Gasteiger partial charge on any atom is 0.277 e. The maximum atomic E-state index is 12.3. The average Bonchev–Trinajstić information content (AvgIpc) is 2.57. The third kappa shape index (κ3) is 2.74. The van der Waals surface area contributed by atoms with Gasteiger partial charge < -0.3 is 10.3 Å². The van der Waals surface area contributed by atoms with Crippen LogP contribution in [0, 0.1) is 22.2 Å². The molecule has 0 fully saturated rings. The van der Waals surface area contributed by atoms with Gasteiger partial charge in [0.05, 0.1) is 10.3 Å². The zero-order valence-electron chi connectivity index (χ0n) is 12.7. The van der Waals surface area contributed by atoms with Crippen molar-refractivity contribution in [2.75, 3.05) is 0 Å². The van der Waals surface area contributed by atoms with Gasteiger partial charge in [0.15, 0.2) is 0 Å². The Morgan fingerprint density at radius 2 is 1.71 bits per heavy atom. The molecule has 0 aromatic heterocycles. The first-order valence-corrected chi connectivity index (χ1v) is 7.12. The summed E-state index contributed by atoms with van der Waals surface area (Å²) in [5, 5.41) is 37.9. The number of phenolic OH excluding ortho intramolecular Hbond substituents is 1. The largest absolute Gasteiger partial charge is 0.594 e. The van der Waals surface area contributed by atoms with E-state index in [1.807, 2.05) is 0 Å². The highest BCUT2D eigenvalue weighted by molar-refractivity contribution is 5.98. The number of nitrogens with zero attached hydrogens (tertiary/aromatic N) is 3. The molecule has 120 valence electrons. The number of nitro benzene ring substituents is 1. The number of rotatable bonds is 3. The van der Waals surface area contributed by atoms with Crippen LogP contribution in [0.1, 0.15) is 5.56 Å². The Kier molecular flexibility index (Phi) is 3.83. The molecule has 0 spiro atoms. The fraction of sp³-hybridized carbons (Fsp3) is 0.0588. The van der Waals surface area contributed by atoms with Crippen molar-refractivity contribution in [1.29, 1.82) is 0 Å². The number of non-ortho nitro benzene ring substituents is 1. The van der Waals surface area contributed by atoms with E-state index in [0.717, 1.165) is 0 Å². The van der Waals surface area contributed by atoms with Crippen molar-refractivity contribution in [3.63, 3.8) is 0 Å². The number of phenols is 1. The van der Waals surface area contributed by atoms with Gasteiger partial charge in [0.2, 0.25) is 5.69 Å². The predicted octanol–water partition coefficient (Wildman–Crippen LogP) is 4.69. The Balaban J connectivity index is 2.14. The number of aromatic hydroxyl groups is 1. The molecule has 7 heteroatoms. The second-order valence-corrected chi connectivity index (χ2v) is 5.25. The van der Waals surface area contributed by atoms with Crippen molar-refractivity contribution in [3.8, 4) is 5.75 Å². The molecule has 24 heavy (non-hydrogen) atoms. The first kappa shape index (κ1) is 15.4. The fourth-order valence-electron chi connectivity index (χ4n) is 2.43. The Hall–Kier alpha value is -3.48. The van der Waals surface area contributed by atoms with E-state index in [2.05, 4.69) is 5.11 Å². The van der Waals surface area contributed by atoms with Crippen molar-refractivity contribution < 1.29 is 14.9 Å². The summed E-state index contributed by atoms with van der Waals surface area (Å²) in [6.45, 7) is 1.67. The lowest BCUT2D eigenvalue weighted by Crippen LogP contribution is -1.93. The Morgan fingerprint density at radius 1 is 1.00 bits per heavy atom. The highest BCUT2D eigenvalue weighted by Crippen LogP contribution is 2.34. The molecule has 3 aromatic rings. The molecule has 0 unspecified atom stereocenters. The minimum absolute atomic E-state index is 0.0394. The molecule has 0 aliphatic heterocycles. The van der Waals surface area contributed by atoms with Gasteiger partial charge in [0.25, 0.3) is 5.69 Å². The first-order chi connectivity index (χ1) is 11.5. The van der Waals surface area contributed by atoms with Crippen molar-refractivity contribution in [1.82, 2.24) is 0 Å². The smallest absolute Gasteiger partial charge is 0.277 e. The van der Waals surface area contributed by atoms with Gasteiger partial charge in [-0.15, -0.1) is 0 Å². The Bertz CT molecular complexity index is 983. The molecule has 1 N–H and O–H groups in total. The van der Waals surface area contributed by atoms with Gasteiger partial charge in [0, 0.05) is 28.7 Å². The van der Waals surface area contributed by atoms with E-state index in [9.17, 15) is 20.4 Å². The lowest BCUT2D eigenvalue weighted by Gasteiger charge is -2.04. The van der Waals surface area contributed by atoms with Gasteiger partial charge >= 0.3 is 0 Å². The standard InChI is InChI=1S/C17H13N3O4/c1-11-10-12(6-9-17(11)21)19(22)18-15-7-8-16(20(23)24)14-5-3-2-4-13(14)15/h2-10,21H,1H3. The third-order valence-electron chi connectivity index (χ3n) is 3.67. The molecule has 0 radical (unpaired) electrons. The number of benzene rings is 3. The number of nitro groups is 1. The van der Waals surface area contributed by atoms with Gasteiger partial charge in [-0.3, -0.25) is 10.1 Å². The molecule has 0 bridgehead atoms. The molecule has 3 aromatic carbocycles. The second-order valence-electron chi connectivity index (χ2n) is 5.25. The number of fused-ring (bicyclic) bond motifs is 1. The monoisotopic (exact) mass is 323 g/mol. The lowest BCUT2D eigenvalue weighted by molar-refractivity contribution is -0.435. The summed E-state index contributed by atoms with van der Waals surface area (Å²) >= 11 is 0. The van der Waals surface area contributed by atoms with Crippen LogP contribution in [-0.4, -0.2) is 14.9 Å². The summed E-state index contributed by atoms with van der Waals surface area (Å²) in [6.07, 6.45) is 0. The zero-order valence-corrected chi connectivity index (χ0v) is 12.7. The highest BCUT2D eigenvalue weighted by atomic mass is 16.6. The molecule has 0 amide bonds. The lowest BCUT2D eigenvalue weighted by atomic mass is 10.1. The van der Waals surface area contributed by atoms with Crippen molar-refractivity contribution in [2.45, 2.75) is 6.92 Å². The van der Waals surface area contributed by atoms with Crippen molar-refractivity contribution in [3.05, 3.63) is 75.5 Å². The average molecular weight is 323 g/mol. The Labute approximate surface area is 136 Å². The van der Waals surface area contributed by atoms with Crippen LogP contribution < -0.4 is 0 Å². The molecule has 7 nitrogen and oxygen atoms in total. The summed E-state index contributed by atoms with van der Waals surface area (Å²) in [4.78, 5) is 11.1. The van der Waals surface area contributed by atoms with E-state index in [4.69, 9.17) is 0 Å². The van der Waals surface area contributed by atoms with Gasteiger partial charge in [0.1, 0.15) is 11.4 Å². The molecule has 0 saturated carbocycles. The van der Waals surface area contributed by atoms with Crippen LogP contribution in [0.2, 0.25) is 0 Å². The van der Waals surface area contributed by atoms with E-state index in [-0.39, 0.29) is 17.1 Å². The summed E-state index contributed by atoms with van der Waals surface area (Å²) in [7, 11) is 0. The maximum absolute atomic E-state index is 12.3. The number of aryl methyl sites for hydroxylation is 1. The summed E-state index contributed by atoms with van der Waals surface area (Å²) in [5.41, 5.74) is 1.10. The molecular formula is C17H13N3O4. The van der Waals surface area contributed by atoms with Crippen LogP contribution in [0.4, 0.5) is 17.1 Å². The van der Waals surface area contributed by atoms with Crippen LogP contribution in [0.5, 0.6) is 5.75 Å². The van der Waals surface area contributed by atoms with Crippen LogP contribution in [-0.2, 0) is 0 Å². The second kappa shape index (κ2) is 5.96. The molecule has 0 atom stereocenters. The molecule has 0 aliphatic carbocycles. The minimum atomic E-state index is -0.468. The van der Waals surface area contributed by atoms with Gasteiger partial charge in [-0.25, -0.2) is 0 Å². The van der Waals surface area contributed by atoms with Crippen molar-refractivity contribution >= 4 is 27.8 Å². The normalized spacial score (nSPS) is 11.6. The van der Waals surface area contributed by atoms with Crippen LogP contribution >= 0.6 is 0 Å². The van der Waals surface area contributed by atoms with Crippen molar-refractivity contribution in [2.24, 2.45) is 5.11 Å². The van der Waals surface area contributed by atoms with Gasteiger partial charge in [-0.1, -0.05) is 23.1 Å². The predicted molar refractivity (Wildman–Crippen MR) is 88.8 cm³/mol. The third-order valence-corrected chi connectivity index (χ3v) is 3.67. The van der Waals surface area contributed by atoms with Crippen LogP contribution in [0.25, 0.3) is 10.8 Å². The summed E-state index contributed by atoms with van der Waals surface area (Å²) in [5.74, 6) is 0.0907. The Morgan fingerprint density at radius 3 is 2.38 bits per heavy atom. The first-order valence-electron chi connectivity index (χ1n) is 7.12. The molecule has 0 heterocycles. The highest BCUT2D eigenvalue weighted by Gasteiger charge is 2.15. The summed E-state index contributed by atoms with van der Waals surface area (Å²) < 4.78 is 0. The minimum Gasteiger partial charge on any atom is -0.594 e. The number of hydrogen-bond acceptors (Lipinski definition) is 5. The summed E-state index contributed by atoms with van der Waals surface area (Å²) in [6, 6.07) is 13.9.